The predicted molar refractivity (Wildman–Crippen MR) is 83.5 cm³/mol. The van der Waals surface area contributed by atoms with Crippen LogP contribution in [0, 0.1) is 0 Å². The minimum atomic E-state index is -0.245. The van der Waals surface area contributed by atoms with Gasteiger partial charge in [0.25, 0.3) is 0 Å². The molecule has 0 aromatic heterocycles. The molecule has 0 aliphatic rings. The van der Waals surface area contributed by atoms with Gasteiger partial charge < -0.3 is 4.74 Å². The molecule has 0 bridgehead atoms. The average Bonchev–Trinajstić information content (AvgIpc) is 2.46. The van der Waals surface area contributed by atoms with Gasteiger partial charge in [0.15, 0.2) is 0 Å². The van der Waals surface area contributed by atoms with E-state index < -0.39 is 0 Å². The molecule has 0 saturated carbocycles. The Hall–Kier alpha value is -1.74. The van der Waals surface area contributed by atoms with Gasteiger partial charge in [-0.15, -0.1) is 11.8 Å². The van der Waals surface area contributed by atoms with E-state index in [4.69, 9.17) is 4.74 Å². The number of hydrogen-bond acceptors (Lipinski definition) is 3. The molecule has 0 heterocycles. The van der Waals surface area contributed by atoms with E-state index in [0.717, 1.165) is 0 Å². The largest absolute Gasteiger partial charge is 0.452 e. The lowest BCUT2D eigenvalue weighted by molar-refractivity contribution is -0.141. The second kappa shape index (κ2) is 7.15. The fraction of sp³-hybridized carbons (Fsp3) is 0.235. The molecule has 0 aliphatic heterocycles. The second-order valence-electron chi connectivity index (χ2n) is 4.51. The molecular weight excluding hydrogens is 268 g/mol. The van der Waals surface area contributed by atoms with Gasteiger partial charge in [-0.25, -0.2) is 0 Å². The first-order valence-corrected chi connectivity index (χ1v) is 7.53. The van der Waals surface area contributed by atoms with Crippen LogP contribution in [0.5, 0.6) is 0 Å². The lowest BCUT2D eigenvalue weighted by Gasteiger charge is -2.21. The van der Waals surface area contributed by atoms with Gasteiger partial charge >= 0.3 is 5.97 Å². The molecule has 2 nitrogen and oxygen atoms in total. The third kappa shape index (κ3) is 4.14. The molecule has 0 N–H and O–H groups in total. The van der Waals surface area contributed by atoms with Gasteiger partial charge in [-0.1, -0.05) is 60.7 Å². The molecule has 3 heteroatoms. The third-order valence-corrected chi connectivity index (χ3v) is 4.16. The topological polar surface area (TPSA) is 26.3 Å². The monoisotopic (exact) mass is 286 g/mol. The summed E-state index contributed by atoms with van der Waals surface area (Å²) in [5.74, 6) is -0.245. The molecule has 2 aromatic carbocycles. The summed E-state index contributed by atoms with van der Waals surface area (Å²) in [6, 6.07) is 20.5. The van der Waals surface area contributed by atoms with Crippen molar-refractivity contribution in [2.24, 2.45) is 0 Å². The molecule has 104 valence electrons. The van der Waals surface area contributed by atoms with Gasteiger partial charge in [0.1, 0.15) is 5.44 Å². The van der Waals surface area contributed by atoms with Crippen LogP contribution in [0.25, 0.3) is 0 Å². The Kier molecular flexibility index (Phi) is 5.24. The molecule has 0 aliphatic carbocycles. The Morgan fingerprint density at radius 2 is 1.40 bits per heavy atom. The van der Waals surface area contributed by atoms with Crippen molar-refractivity contribution >= 4 is 17.7 Å². The van der Waals surface area contributed by atoms with E-state index in [-0.39, 0.29) is 16.7 Å². The van der Waals surface area contributed by atoms with Crippen molar-refractivity contribution in [3.05, 3.63) is 71.8 Å². The Balaban J connectivity index is 2.24. The Bertz CT molecular complexity index is 500. The fourth-order valence-electron chi connectivity index (χ4n) is 2.06. The minimum Gasteiger partial charge on any atom is -0.452 e. The minimum absolute atomic E-state index is 0.159. The Labute approximate surface area is 124 Å². The first-order chi connectivity index (χ1) is 9.66. The van der Waals surface area contributed by atoms with Gasteiger partial charge in [0.05, 0.1) is 5.25 Å². The quantitative estimate of drug-likeness (QED) is 0.601. The molecule has 1 atom stereocenters. The Morgan fingerprint density at radius 3 is 1.80 bits per heavy atom. The van der Waals surface area contributed by atoms with E-state index in [0.29, 0.717) is 0 Å². The Morgan fingerprint density at radius 1 is 0.950 bits per heavy atom. The smallest absolute Gasteiger partial charge is 0.303 e. The molecule has 0 saturated heterocycles. The highest BCUT2D eigenvalue weighted by Gasteiger charge is 2.19. The predicted octanol–water partition coefficient (Wildman–Crippen LogP) is 4.42. The third-order valence-electron chi connectivity index (χ3n) is 2.86. The molecule has 20 heavy (non-hydrogen) atoms. The maximum Gasteiger partial charge on any atom is 0.303 e. The summed E-state index contributed by atoms with van der Waals surface area (Å²) in [5.41, 5.74) is 2.24. The number of hydrogen-bond donors (Lipinski definition) is 0. The molecule has 1 unspecified atom stereocenters. The molecule has 0 fully saturated rings. The molecule has 2 aromatic rings. The molecule has 0 radical (unpaired) electrons. The fourth-order valence-corrected chi connectivity index (χ4v) is 3.26. The number of carbonyl (C=O) groups excluding carboxylic acids is 1. The van der Waals surface area contributed by atoms with Crippen molar-refractivity contribution in [1.29, 1.82) is 0 Å². The van der Waals surface area contributed by atoms with Crippen LogP contribution in [0.3, 0.4) is 0 Å². The van der Waals surface area contributed by atoms with Crippen molar-refractivity contribution in [3.8, 4) is 0 Å². The van der Waals surface area contributed by atoms with Crippen LogP contribution in [-0.2, 0) is 9.53 Å². The molecular formula is C17H18O2S. The van der Waals surface area contributed by atoms with Gasteiger partial charge in [0.2, 0.25) is 0 Å². The van der Waals surface area contributed by atoms with Crippen LogP contribution >= 0.6 is 11.8 Å². The summed E-state index contributed by atoms with van der Waals surface area (Å²) >= 11 is 1.64. The summed E-state index contributed by atoms with van der Waals surface area (Å²) in [5, 5.41) is 0.159. The summed E-state index contributed by atoms with van der Waals surface area (Å²) in [6.07, 6.45) is 0. The van der Waals surface area contributed by atoms with Crippen molar-refractivity contribution in [2.45, 2.75) is 24.5 Å². The van der Waals surface area contributed by atoms with Crippen molar-refractivity contribution in [3.63, 3.8) is 0 Å². The van der Waals surface area contributed by atoms with E-state index in [1.807, 2.05) is 43.3 Å². The number of ether oxygens (including phenoxy) is 1. The summed E-state index contributed by atoms with van der Waals surface area (Å²) in [6.45, 7) is 3.35. The van der Waals surface area contributed by atoms with Crippen molar-refractivity contribution < 1.29 is 9.53 Å². The van der Waals surface area contributed by atoms with Crippen molar-refractivity contribution in [1.82, 2.24) is 0 Å². The highest BCUT2D eigenvalue weighted by Crippen LogP contribution is 2.38. The van der Waals surface area contributed by atoms with E-state index in [1.165, 1.54) is 18.1 Å². The van der Waals surface area contributed by atoms with Crippen LogP contribution < -0.4 is 0 Å². The van der Waals surface area contributed by atoms with Crippen LogP contribution in [0.4, 0.5) is 0 Å². The number of benzene rings is 2. The van der Waals surface area contributed by atoms with Crippen LogP contribution in [0.2, 0.25) is 0 Å². The maximum atomic E-state index is 11.1. The number of rotatable bonds is 5. The zero-order valence-electron chi connectivity index (χ0n) is 11.7. The van der Waals surface area contributed by atoms with Crippen LogP contribution in [0.1, 0.15) is 30.2 Å². The summed E-state index contributed by atoms with van der Waals surface area (Å²) in [4.78, 5) is 11.1. The van der Waals surface area contributed by atoms with Crippen LogP contribution in [-0.4, -0.2) is 11.4 Å². The number of carbonyl (C=O) groups is 1. The average molecular weight is 286 g/mol. The highest BCUT2D eigenvalue weighted by atomic mass is 32.2. The first-order valence-electron chi connectivity index (χ1n) is 6.59. The zero-order valence-corrected chi connectivity index (χ0v) is 12.5. The van der Waals surface area contributed by atoms with Gasteiger partial charge in [-0.05, 0) is 18.1 Å². The number of thioether (sulfide) groups is 1. The van der Waals surface area contributed by atoms with Crippen molar-refractivity contribution in [2.75, 3.05) is 0 Å². The highest BCUT2D eigenvalue weighted by molar-refractivity contribution is 8.00. The lowest BCUT2D eigenvalue weighted by atomic mass is 10.0. The molecule has 0 spiro atoms. The van der Waals surface area contributed by atoms with Gasteiger partial charge in [0, 0.05) is 6.92 Å². The van der Waals surface area contributed by atoms with E-state index >= 15 is 0 Å². The summed E-state index contributed by atoms with van der Waals surface area (Å²) < 4.78 is 5.25. The van der Waals surface area contributed by atoms with E-state index in [1.54, 1.807) is 11.8 Å². The molecule has 0 amide bonds. The first kappa shape index (κ1) is 14.7. The SMILES string of the molecule is CC(=O)OC(C)SC(c1ccccc1)c1ccccc1. The summed E-state index contributed by atoms with van der Waals surface area (Å²) in [7, 11) is 0. The maximum absolute atomic E-state index is 11.1. The molecule has 2 rings (SSSR count). The lowest BCUT2D eigenvalue weighted by Crippen LogP contribution is -2.11. The van der Waals surface area contributed by atoms with Gasteiger partial charge in [-0.3, -0.25) is 4.79 Å². The second-order valence-corrected chi connectivity index (χ2v) is 5.92. The number of esters is 1. The van der Waals surface area contributed by atoms with Crippen LogP contribution in [0.15, 0.2) is 60.7 Å². The van der Waals surface area contributed by atoms with E-state index in [2.05, 4.69) is 24.3 Å². The van der Waals surface area contributed by atoms with E-state index in [9.17, 15) is 4.79 Å². The normalized spacial score (nSPS) is 12.2. The van der Waals surface area contributed by atoms with Gasteiger partial charge in [-0.2, -0.15) is 0 Å². The zero-order chi connectivity index (χ0) is 14.4. The standard InChI is InChI=1S/C17H18O2S/c1-13(18)19-14(2)20-17(15-9-5-3-6-10-15)16-11-7-4-8-12-16/h3-12,14,17H,1-2H3.